The van der Waals surface area contributed by atoms with E-state index >= 15 is 0 Å². The van der Waals surface area contributed by atoms with Crippen molar-refractivity contribution in [1.82, 2.24) is 5.32 Å². The molecule has 0 aromatic rings. The molecule has 1 amide bonds. The maximum Gasteiger partial charge on any atom is 0.273 e. The summed E-state index contributed by atoms with van der Waals surface area (Å²) in [6, 6.07) is 0. The third kappa shape index (κ3) is 7.05. The summed E-state index contributed by atoms with van der Waals surface area (Å²) < 4.78 is 0. The lowest BCUT2D eigenvalue weighted by Crippen LogP contribution is -2.19. The highest BCUT2D eigenvalue weighted by Gasteiger charge is 2.08. The van der Waals surface area contributed by atoms with Crippen LogP contribution in [0.2, 0.25) is 0 Å². The Balaban J connectivity index is 4.59. The van der Waals surface area contributed by atoms with Gasteiger partial charge in [0.25, 0.3) is 5.91 Å². The van der Waals surface area contributed by atoms with Crippen LogP contribution >= 0.6 is 0 Å². The molecule has 1 atom stereocenters. The van der Waals surface area contributed by atoms with Gasteiger partial charge in [0.2, 0.25) is 0 Å². The fourth-order valence-corrected chi connectivity index (χ4v) is 1.17. The Morgan fingerprint density at radius 2 is 2.00 bits per heavy atom. The lowest BCUT2D eigenvalue weighted by molar-refractivity contribution is -0.116. The standard InChI is InChI=1S/C15H26N2O/c1-6-8-9-10-16-15(18)14(12(3)4)17-11-13(5)7-2/h9-11,13H,6-8H2,1-5H3,(H,16,18)/b10-9+,17-11?. The average molecular weight is 250 g/mol. The van der Waals surface area contributed by atoms with E-state index in [1.54, 1.807) is 6.20 Å². The van der Waals surface area contributed by atoms with Crippen LogP contribution in [-0.2, 0) is 4.79 Å². The molecule has 0 spiro atoms. The molecule has 3 nitrogen and oxygen atoms in total. The van der Waals surface area contributed by atoms with Gasteiger partial charge in [-0.1, -0.05) is 33.3 Å². The van der Waals surface area contributed by atoms with Gasteiger partial charge in [0.05, 0.1) is 0 Å². The number of allylic oxidation sites excluding steroid dienone is 2. The first kappa shape index (κ1) is 16.6. The van der Waals surface area contributed by atoms with Gasteiger partial charge in [-0.2, -0.15) is 0 Å². The van der Waals surface area contributed by atoms with Crippen molar-refractivity contribution < 1.29 is 4.79 Å². The van der Waals surface area contributed by atoms with Crippen LogP contribution in [0.25, 0.3) is 0 Å². The van der Waals surface area contributed by atoms with Gasteiger partial charge in [0, 0.05) is 12.4 Å². The molecule has 0 aliphatic rings. The van der Waals surface area contributed by atoms with Crippen molar-refractivity contribution in [3.63, 3.8) is 0 Å². The number of rotatable bonds is 7. The molecule has 0 radical (unpaired) electrons. The zero-order valence-corrected chi connectivity index (χ0v) is 12.3. The number of carbonyl (C=O) groups is 1. The predicted molar refractivity (Wildman–Crippen MR) is 78.5 cm³/mol. The minimum atomic E-state index is -0.137. The molecule has 0 aliphatic heterocycles. The van der Waals surface area contributed by atoms with Crippen LogP contribution < -0.4 is 5.32 Å². The smallest absolute Gasteiger partial charge is 0.273 e. The van der Waals surface area contributed by atoms with E-state index in [0.29, 0.717) is 11.6 Å². The van der Waals surface area contributed by atoms with Gasteiger partial charge < -0.3 is 5.32 Å². The number of aliphatic imine (C=N–C) groups is 1. The second kappa shape index (κ2) is 9.63. The highest BCUT2D eigenvalue weighted by Crippen LogP contribution is 2.07. The molecule has 102 valence electrons. The van der Waals surface area contributed by atoms with E-state index in [0.717, 1.165) is 24.8 Å². The molecule has 1 unspecified atom stereocenters. The second-order valence-corrected chi connectivity index (χ2v) is 4.68. The van der Waals surface area contributed by atoms with Crippen LogP contribution in [-0.4, -0.2) is 12.1 Å². The molecular weight excluding hydrogens is 224 g/mol. The van der Waals surface area contributed by atoms with Crippen LogP contribution in [0.5, 0.6) is 0 Å². The third-order valence-corrected chi connectivity index (χ3v) is 2.58. The zero-order valence-electron chi connectivity index (χ0n) is 12.3. The topological polar surface area (TPSA) is 41.5 Å². The normalized spacial score (nSPS) is 12.9. The molecule has 1 N–H and O–H groups in total. The first-order chi connectivity index (χ1) is 8.52. The molecule has 18 heavy (non-hydrogen) atoms. The average Bonchev–Trinajstić information content (AvgIpc) is 2.34. The van der Waals surface area contributed by atoms with Gasteiger partial charge in [0.15, 0.2) is 0 Å². The fraction of sp³-hybridized carbons (Fsp3) is 0.600. The van der Waals surface area contributed by atoms with Crippen LogP contribution in [0.3, 0.4) is 0 Å². The van der Waals surface area contributed by atoms with Crippen molar-refractivity contribution in [3.05, 3.63) is 23.5 Å². The Hall–Kier alpha value is -1.38. The van der Waals surface area contributed by atoms with E-state index < -0.39 is 0 Å². The molecule has 0 bridgehead atoms. The second-order valence-electron chi connectivity index (χ2n) is 4.68. The summed E-state index contributed by atoms with van der Waals surface area (Å²) in [4.78, 5) is 16.2. The van der Waals surface area contributed by atoms with E-state index in [4.69, 9.17) is 0 Å². The monoisotopic (exact) mass is 250 g/mol. The van der Waals surface area contributed by atoms with E-state index in [9.17, 15) is 4.79 Å². The highest BCUT2D eigenvalue weighted by atomic mass is 16.1. The van der Waals surface area contributed by atoms with Gasteiger partial charge in [-0.25, -0.2) is 0 Å². The van der Waals surface area contributed by atoms with Crippen LogP contribution in [0.4, 0.5) is 0 Å². The molecule has 0 fully saturated rings. The van der Waals surface area contributed by atoms with Crippen molar-refractivity contribution in [1.29, 1.82) is 0 Å². The van der Waals surface area contributed by atoms with Gasteiger partial charge in [-0.05, 0) is 38.2 Å². The first-order valence-electron chi connectivity index (χ1n) is 6.70. The summed E-state index contributed by atoms with van der Waals surface area (Å²) in [5.41, 5.74) is 1.44. The number of hydrogen-bond donors (Lipinski definition) is 1. The molecule has 0 saturated carbocycles. The van der Waals surface area contributed by atoms with Crippen LogP contribution in [0.1, 0.15) is 53.9 Å². The first-order valence-corrected chi connectivity index (χ1v) is 6.70. The van der Waals surface area contributed by atoms with Crippen molar-refractivity contribution in [2.75, 3.05) is 0 Å². The number of hydrogen-bond acceptors (Lipinski definition) is 2. The summed E-state index contributed by atoms with van der Waals surface area (Å²) in [6.07, 6.45) is 8.58. The van der Waals surface area contributed by atoms with E-state index in [1.807, 2.05) is 26.1 Å². The lowest BCUT2D eigenvalue weighted by Gasteiger charge is -2.05. The largest absolute Gasteiger partial charge is 0.328 e. The Bertz CT molecular complexity index is 336. The molecule has 0 rings (SSSR count). The Morgan fingerprint density at radius 3 is 2.50 bits per heavy atom. The van der Waals surface area contributed by atoms with Crippen LogP contribution in [0, 0.1) is 5.92 Å². The van der Waals surface area contributed by atoms with Gasteiger partial charge in [-0.15, -0.1) is 0 Å². The number of carbonyl (C=O) groups excluding carboxylic acids is 1. The Morgan fingerprint density at radius 1 is 1.33 bits per heavy atom. The third-order valence-electron chi connectivity index (χ3n) is 2.58. The van der Waals surface area contributed by atoms with Gasteiger partial charge >= 0.3 is 0 Å². The quantitative estimate of drug-likeness (QED) is 0.541. The fourth-order valence-electron chi connectivity index (χ4n) is 1.17. The maximum atomic E-state index is 11.9. The van der Waals surface area contributed by atoms with Crippen molar-refractivity contribution in [2.45, 2.75) is 53.9 Å². The Labute approximate surface area is 111 Å². The maximum absolute atomic E-state index is 11.9. The van der Waals surface area contributed by atoms with Gasteiger partial charge in [0.1, 0.15) is 5.70 Å². The van der Waals surface area contributed by atoms with Crippen molar-refractivity contribution >= 4 is 12.1 Å². The molecule has 0 aliphatic carbocycles. The van der Waals surface area contributed by atoms with Crippen molar-refractivity contribution in [2.24, 2.45) is 10.9 Å². The number of nitrogens with zero attached hydrogens (tertiary/aromatic N) is 1. The molecule has 0 saturated heterocycles. The summed E-state index contributed by atoms with van der Waals surface area (Å²) >= 11 is 0. The van der Waals surface area contributed by atoms with E-state index in [2.05, 4.69) is 31.1 Å². The van der Waals surface area contributed by atoms with E-state index in [1.165, 1.54) is 0 Å². The zero-order chi connectivity index (χ0) is 14.0. The highest BCUT2D eigenvalue weighted by molar-refractivity contribution is 5.95. The number of unbranched alkanes of at least 4 members (excludes halogenated alkanes) is 1. The molecule has 0 aromatic carbocycles. The predicted octanol–water partition coefficient (Wildman–Crippen LogP) is 3.83. The summed E-state index contributed by atoms with van der Waals surface area (Å²) in [6.45, 7) is 10.1. The van der Waals surface area contributed by atoms with Crippen LogP contribution in [0.15, 0.2) is 28.5 Å². The Kier molecular flexibility index (Phi) is 8.89. The minimum absolute atomic E-state index is 0.137. The minimum Gasteiger partial charge on any atom is -0.328 e. The summed E-state index contributed by atoms with van der Waals surface area (Å²) in [7, 11) is 0. The van der Waals surface area contributed by atoms with Gasteiger partial charge in [-0.3, -0.25) is 9.79 Å². The van der Waals surface area contributed by atoms with Crippen molar-refractivity contribution in [3.8, 4) is 0 Å². The molecule has 0 aromatic heterocycles. The van der Waals surface area contributed by atoms with E-state index in [-0.39, 0.29) is 5.91 Å². The SMILES string of the molecule is CCC/C=C/NC(=O)C(N=CC(C)CC)=C(C)C. The summed E-state index contributed by atoms with van der Waals surface area (Å²) in [5, 5.41) is 2.75. The number of amides is 1. The molecule has 0 heterocycles. The number of nitrogens with one attached hydrogen (secondary N) is 1. The lowest BCUT2D eigenvalue weighted by atomic mass is 10.1. The molecule has 3 heteroatoms. The summed E-state index contributed by atoms with van der Waals surface area (Å²) in [5.74, 6) is 0.254. The molecular formula is C15H26N2O.